The van der Waals surface area contributed by atoms with Gasteiger partial charge in [0.15, 0.2) is 0 Å². The number of aromatic nitrogens is 2. The van der Waals surface area contributed by atoms with E-state index in [4.69, 9.17) is 0 Å². The first-order chi connectivity index (χ1) is 12.4. The second-order valence-electron chi connectivity index (χ2n) is 6.59. The number of carbonyl (C=O) groups excluding carboxylic acids is 2. The van der Waals surface area contributed by atoms with E-state index in [9.17, 15) is 19.8 Å². The van der Waals surface area contributed by atoms with Crippen molar-refractivity contribution in [3.05, 3.63) is 23.1 Å². The van der Waals surface area contributed by atoms with Gasteiger partial charge in [0.1, 0.15) is 16.2 Å². The van der Waals surface area contributed by atoms with Gasteiger partial charge in [-0.1, -0.05) is 13.8 Å². The number of fused-ring (bicyclic) bond motifs is 2. The number of β-lactam (4-membered cyclic amide) rings is 1. The van der Waals surface area contributed by atoms with Crippen LogP contribution in [-0.4, -0.2) is 49.2 Å². The molecule has 4 rings (SSSR count). The number of carboxylic acids is 1. The maximum Gasteiger partial charge on any atom is 1.00 e. The molecule has 2 aliphatic rings. The summed E-state index contributed by atoms with van der Waals surface area (Å²) in [6.45, 7) is 5.52. The van der Waals surface area contributed by atoms with Gasteiger partial charge in [-0.15, -0.1) is 23.1 Å². The molecule has 0 spiro atoms. The van der Waals surface area contributed by atoms with Gasteiger partial charge in [-0.2, -0.15) is 0 Å². The number of thiazole rings is 1. The molecule has 0 saturated carbocycles. The molecule has 2 aliphatic heterocycles. The third-order valence-electron chi connectivity index (χ3n) is 5.09. The standard InChI is InChI=1S/C17H19N3O4S2.Na/c1-4-25-14-16-19(6-18-14)5-9(26-16)10-7(2)12-11(8(3)21)15(22)20(12)13(10)17(23)24;/h5-8,11-12,21H,4H2,1-3H3,(H,23,24);/q;+1/p-1/t7-,8+,11+,12+;/m0./s1. The molecule has 1 fully saturated rings. The van der Waals surface area contributed by atoms with Gasteiger partial charge in [0.25, 0.3) is 0 Å². The van der Waals surface area contributed by atoms with Crippen molar-refractivity contribution >= 4 is 45.4 Å². The summed E-state index contributed by atoms with van der Waals surface area (Å²) in [5, 5.41) is 22.7. The van der Waals surface area contributed by atoms with E-state index in [1.807, 2.05) is 24.4 Å². The Balaban J connectivity index is 0.00000210. The number of thioether (sulfide) groups is 1. The minimum absolute atomic E-state index is 0. The maximum atomic E-state index is 12.4. The molecule has 0 radical (unpaired) electrons. The number of carboxylic acid groups (broad SMARTS) is 1. The Bertz CT molecular complexity index is 951. The van der Waals surface area contributed by atoms with Crippen molar-refractivity contribution in [2.45, 2.75) is 37.9 Å². The molecule has 1 N–H and O–H groups in total. The van der Waals surface area contributed by atoms with E-state index >= 15 is 0 Å². The summed E-state index contributed by atoms with van der Waals surface area (Å²) in [7, 11) is 0. The molecule has 138 valence electrons. The van der Waals surface area contributed by atoms with Crippen LogP contribution in [-0.2, 0) is 9.59 Å². The fourth-order valence-corrected chi connectivity index (χ4v) is 6.06. The molecule has 0 aliphatic carbocycles. The largest absolute Gasteiger partial charge is 1.00 e. The third kappa shape index (κ3) is 2.99. The summed E-state index contributed by atoms with van der Waals surface area (Å²) >= 11 is 3.10. The fraction of sp³-hybridized carbons (Fsp3) is 0.471. The van der Waals surface area contributed by atoms with Crippen LogP contribution >= 0.6 is 23.1 Å². The second-order valence-corrected chi connectivity index (χ2v) is 8.88. The van der Waals surface area contributed by atoms with Crippen LogP contribution < -0.4 is 34.7 Å². The van der Waals surface area contributed by atoms with Crippen molar-refractivity contribution in [1.82, 2.24) is 14.3 Å². The maximum absolute atomic E-state index is 12.4. The van der Waals surface area contributed by atoms with Crippen LogP contribution in [0.15, 0.2) is 23.2 Å². The molecule has 7 nitrogen and oxygen atoms in total. The molecule has 1 amide bonds. The molecule has 4 atom stereocenters. The van der Waals surface area contributed by atoms with Crippen LogP contribution in [0.4, 0.5) is 0 Å². The molecule has 0 aromatic carbocycles. The predicted molar refractivity (Wildman–Crippen MR) is 96.4 cm³/mol. The molecule has 10 heteroatoms. The Labute approximate surface area is 186 Å². The van der Waals surface area contributed by atoms with E-state index in [-0.39, 0.29) is 53.1 Å². The van der Waals surface area contributed by atoms with E-state index in [2.05, 4.69) is 4.98 Å². The molecule has 1 saturated heterocycles. The zero-order valence-electron chi connectivity index (χ0n) is 15.5. The quantitative estimate of drug-likeness (QED) is 0.339. The SMILES string of the molecule is CCSc1ncn2cc(C3=C(C(=O)[O-])N4C(=O)[C@H]([C@@H](C)O)[C@H]4[C@H]3C)sc12.[Na+]. The number of imidazole rings is 1. The molecule has 0 bridgehead atoms. The van der Waals surface area contributed by atoms with E-state index in [0.29, 0.717) is 5.57 Å². The molecule has 4 heterocycles. The first-order valence-electron chi connectivity index (χ1n) is 8.43. The van der Waals surface area contributed by atoms with Crippen LogP contribution in [0.1, 0.15) is 25.6 Å². The van der Waals surface area contributed by atoms with Gasteiger partial charge < -0.3 is 19.9 Å². The Morgan fingerprint density at radius 2 is 2.22 bits per heavy atom. The van der Waals surface area contributed by atoms with E-state index in [0.717, 1.165) is 20.5 Å². The van der Waals surface area contributed by atoms with Gasteiger partial charge in [-0.25, -0.2) is 4.98 Å². The van der Waals surface area contributed by atoms with Crippen molar-refractivity contribution in [1.29, 1.82) is 0 Å². The summed E-state index contributed by atoms with van der Waals surface area (Å²) in [6.07, 6.45) is 2.75. The van der Waals surface area contributed by atoms with Crippen molar-refractivity contribution in [2.24, 2.45) is 11.8 Å². The van der Waals surface area contributed by atoms with Crippen LogP contribution in [0, 0.1) is 11.8 Å². The Morgan fingerprint density at radius 3 is 2.81 bits per heavy atom. The number of aliphatic carboxylic acids is 1. The number of rotatable bonds is 5. The fourth-order valence-electron chi connectivity index (χ4n) is 4.02. The number of carbonyl (C=O) groups is 2. The van der Waals surface area contributed by atoms with Gasteiger partial charge in [0.05, 0.1) is 34.6 Å². The topological polar surface area (TPSA) is 98.0 Å². The van der Waals surface area contributed by atoms with Gasteiger partial charge in [-0.3, -0.25) is 9.20 Å². The molecule has 2 aromatic rings. The Kier molecular flexibility index (Phi) is 5.82. The minimum atomic E-state index is -1.36. The summed E-state index contributed by atoms with van der Waals surface area (Å²) in [5.41, 5.74) is 0.541. The predicted octanol–water partition coefficient (Wildman–Crippen LogP) is -2.17. The summed E-state index contributed by atoms with van der Waals surface area (Å²) in [5.74, 6) is -1.58. The first kappa shape index (κ1) is 20.9. The normalized spacial score (nSPS) is 25.4. The monoisotopic (exact) mass is 415 g/mol. The van der Waals surface area contributed by atoms with Gasteiger partial charge in [0.2, 0.25) is 5.91 Å². The van der Waals surface area contributed by atoms with Gasteiger partial charge in [-0.05, 0) is 12.7 Å². The number of aliphatic hydroxyl groups is 1. The summed E-state index contributed by atoms with van der Waals surface area (Å²) in [6, 6.07) is -0.338. The average molecular weight is 415 g/mol. The molecular formula is C17H18N3NaO4S2. The molecule has 2 aromatic heterocycles. The average Bonchev–Trinajstić information content (AvgIpc) is 3.19. The zero-order chi connectivity index (χ0) is 18.7. The smallest absolute Gasteiger partial charge is 0.543 e. The zero-order valence-corrected chi connectivity index (χ0v) is 19.1. The number of amides is 1. The van der Waals surface area contributed by atoms with Gasteiger partial charge in [0, 0.05) is 17.7 Å². The van der Waals surface area contributed by atoms with Crippen LogP contribution in [0.25, 0.3) is 10.4 Å². The van der Waals surface area contributed by atoms with E-state index < -0.39 is 18.0 Å². The van der Waals surface area contributed by atoms with E-state index in [1.54, 1.807) is 25.0 Å². The number of nitrogens with zero attached hydrogens (tertiary/aromatic N) is 3. The number of aliphatic hydroxyl groups excluding tert-OH is 1. The van der Waals surface area contributed by atoms with Crippen LogP contribution in [0.5, 0.6) is 0 Å². The minimum Gasteiger partial charge on any atom is -0.543 e. The number of hydrogen-bond donors (Lipinski definition) is 1. The van der Waals surface area contributed by atoms with Crippen LogP contribution in [0.2, 0.25) is 0 Å². The third-order valence-corrected chi connectivity index (χ3v) is 7.22. The summed E-state index contributed by atoms with van der Waals surface area (Å²) < 4.78 is 1.88. The summed E-state index contributed by atoms with van der Waals surface area (Å²) in [4.78, 5) is 31.6. The Morgan fingerprint density at radius 1 is 1.52 bits per heavy atom. The van der Waals surface area contributed by atoms with E-state index in [1.165, 1.54) is 16.2 Å². The van der Waals surface area contributed by atoms with Crippen molar-refractivity contribution in [3.63, 3.8) is 0 Å². The number of hydrogen-bond acceptors (Lipinski definition) is 7. The first-order valence-corrected chi connectivity index (χ1v) is 10.2. The second kappa shape index (κ2) is 7.53. The Hall–Kier alpha value is -0.840. The van der Waals surface area contributed by atoms with Crippen molar-refractivity contribution in [2.75, 3.05) is 5.75 Å². The van der Waals surface area contributed by atoms with Crippen LogP contribution in [0.3, 0.4) is 0 Å². The molecular weight excluding hydrogens is 397 g/mol. The van der Waals surface area contributed by atoms with Gasteiger partial charge >= 0.3 is 29.6 Å². The molecule has 0 unspecified atom stereocenters. The van der Waals surface area contributed by atoms with Crippen molar-refractivity contribution < 1.29 is 49.4 Å². The molecule has 27 heavy (non-hydrogen) atoms. The van der Waals surface area contributed by atoms with Crippen molar-refractivity contribution in [3.8, 4) is 0 Å².